The first-order chi connectivity index (χ1) is 15.2. The number of nitrogens with zero attached hydrogens (tertiary/aromatic N) is 3. The number of fused-ring (bicyclic) bond motifs is 1. The Labute approximate surface area is 182 Å². The number of unbranched alkanes of at least 4 members (excludes halogenated alkanes) is 2. The van der Waals surface area contributed by atoms with Crippen LogP contribution in [0.3, 0.4) is 0 Å². The van der Waals surface area contributed by atoms with Crippen LogP contribution in [0.4, 0.5) is 0 Å². The molecule has 0 aliphatic carbocycles. The van der Waals surface area contributed by atoms with Gasteiger partial charge >= 0.3 is 5.76 Å². The number of nitrogens with one attached hydrogen (secondary N) is 1. The number of hydrogen-bond acceptors (Lipinski definition) is 7. The zero-order valence-electron chi connectivity index (χ0n) is 17.1. The first-order valence-corrected chi connectivity index (χ1v) is 11.3. The Hall–Kier alpha value is -3.20. The fourth-order valence-electron chi connectivity index (χ4n) is 3.38. The van der Waals surface area contributed by atoms with Crippen LogP contribution in [-0.4, -0.2) is 27.2 Å². The SMILES string of the molecule is O=C(CCCn1c(=O)oc2ccccc21)NCCCCCc1nc(-c2cccs2)no1. The highest BCUT2D eigenvalue weighted by Gasteiger charge is 2.10. The Balaban J connectivity index is 1.09. The summed E-state index contributed by atoms with van der Waals surface area (Å²) in [4.78, 5) is 29.4. The number of rotatable bonds is 11. The molecule has 1 amide bonds. The maximum Gasteiger partial charge on any atom is 0.419 e. The number of carbonyl (C=O) groups excluding carboxylic acids is 1. The van der Waals surface area contributed by atoms with Gasteiger partial charge in [-0.3, -0.25) is 9.36 Å². The van der Waals surface area contributed by atoms with Gasteiger partial charge in [-0.25, -0.2) is 4.79 Å². The lowest BCUT2D eigenvalue weighted by Crippen LogP contribution is -2.25. The lowest BCUT2D eigenvalue weighted by molar-refractivity contribution is -0.121. The van der Waals surface area contributed by atoms with Crippen molar-refractivity contribution in [3.05, 3.63) is 58.2 Å². The average Bonchev–Trinajstić information content (AvgIpc) is 3.51. The first-order valence-electron chi connectivity index (χ1n) is 10.4. The number of aromatic nitrogens is 3. The van der Waals surface area contributed by atoms with Crippen molar-refractivity contribution in [2.75, 3.05) is 6.54 Å². The van der Waals surface area contributed by atoms with E-state index in [0.717, 1.165) is 36.1 Å². The topological polar surface area (TPSA) is 103 Å². The molecule has 0 saturated heterocycles. The predicted octanol–water partition coefficient (Wildman–Crippen LogP) is 4.02. The van der Waals surface area contributed by atoms with Gasteiger partial charge in [-0.2, -0.15) is 4.98 Å². The standard InChI is InChI=1S/C22H24N4O4S/c27-19(11-6-14-26-16-8-3-4-9-17(16)29-22(26)28)23-13-5-1-2-12-20-24-21(25-30-20)18-10-7-15-31-18/h3-4,7-10,15H,1-2,5-6,11-14H2,(H,23,27). The molecule has 0 aliphatic rings. The van der Waals surface area contributed by atoms with E-state index in [2.05, 4.69) is 15.5 Å². The molecule has 0 aliphatic heterocycles. The van der Waals surface area contributed by atoms with Crippen molar-refractivity contribution < 1.29 is 13.7 Å². The van der Waals surface area contributed by atoms with E-state index >= 15 is 0 Å². The number of benzene rings is 1. The molecule has 162 valence electrons. The number of amides is 1. The summed E-state index contributed by atoms with van der Waals surface area (Å²) < 4.78 is 12.1. The van der Waals surface area contributed by atoms with Crippen molar-refractivity contribution >= 4 is 28.3 Å². The quantitative estimate of drug-likeness (QED) is 0.353. The smallest absolute Gasteiger partial charge is 0.408 e. The molecule has 0 bridgehead atoms. The number of thiophene rings is 1. The van der Waals surface area contributed by atoms with Crippen molar-refractivity contribution in [1.29, 1.82) is 0 Å². The molecular formula is C22H24N4O4S. The van der Waals surface area contributed by atoms with Gasteiger partial charge in [-0.15, -0.1) is 11.3 Å². The first kappa shape index (κ1) is 21.0. The highest BCUT2D eigenvalue weighted by atomic mass is 32.1. The monoisotopic (exact) mass is 440 g/mol. The second kappa shape index (κ2) is 10.2. The maximum absolute atomic E-state index is 12.0. The summed E-state index contributed by atoms with van der Waals surface area (Å²) in [6.45, 7) is 1.10. The normalized spacial score (nSPS) is 11.2. The van der Waals surface area contributed by atoms with Crippen molar-refractivity contribution in [2.45, 2.75) is 45.1 Å². The van der Waals surface area contributed by atoms with E-state index < -0.39 is 0 Å². The molecule has 4 aromatic rings. The van der Waals surface area contributed by atoms with Crippen LogP contribution in [0.5, 0.6) is 0 Å². The summed E-state index contributed by atoms with van der Waals surface area (Å²) in [6.07, 6.45) is 4.48. The summed E-state index contributed by atoms with van der Waals surface area (Å²) in [5, 5.41) is 8.93. The van der Waals surface area contributed by atoms with Crippen LogP contribution in [0.15, 0.2) is 55.5 Å². The van der Waals surface area contributed by atoms with Gasteiger partial charge < -0.3 is 14.3 Å². The van der Waals surface area contributed by atoms with Crippen LogP contribution >= 0.6 is 11.3 Å². The molecule has 1 aromatic carbocycles. The fraction of sp³-hybridized carbons (Fsp3) is 0.364. The van der Waals surface area contributed by atoms with Crippen LogP contribution < -0.4 is 11.1 Å². The van der Waals surface area contributed by atoms with Crippen molar-refractivity contribution in [3.63, 3.8) is 0 Å². The highest BCUT2D eigenvalue weighted by Crippen LogP contribution is 2.21. The van der Waals surface area contributed by atoms with Crippen LogP contribution in [0.1, 0.15) is 38.0 Å². The Kier molecular flexibility index (Phi) is 6.93. The molecule has 1 N–H and O–H groups in total. The van der Waals surface area contributed by atoms with Crippen molar-refractivity contribution in [3.8, 4) is 10.7 Å². The minimum absolute atomic E-state index is 0.00154. The lowest BCUT2D eigenvalue weighted by atomic mass is 10.2. The Morgan fingerprint density at radius 3 is 2.87 bits per heavy atom. The number of para-hydroxylation sites is 2. The predicted molar refractivity (Wildman–Crippen MR) is 118 cm³/mol. The molecule has 9 heteroatoms. The van der Waals surface area contributed by atoms with Gasteiger partial charge in [0.2, 0.25) is 17.6 Å². The Bertz CT molecular complexity index is 1180. The molecule has 3 aromatic heterocycles. The minimum atomic E-state index is -0.384. The fourth-order valence-corrected chi connectivity index (χ4v) is 4.03. The van der Waals surface area contributed by atoms with Crippen LogP contribution in [0, 0.1) is 0 Å². The van der Waals surface area contributed by atoms with Gasteiger partial charge in [0.05, 0.1) is 10.4 Å². The van der Waals surface area contributed by atoms with Crippen LogP contribution in [0.25, 0.3) is 21.8 Å². The van der Waals surface area contributed by atoms with Gasteiger partial charge in [-0.05, 0) is 42.8 Å². The summed E-state index contributed by atoms with van der Waals surface area (Å²) in [5.41, 5.74) is 1.33. The zero-order chi connectivity index (χ0) is 21.5. The van der Waals surface area contributed by atoms with Crippen molar-refractivity contribution in [2.24, 2.45) is 0 Å². The van der Waals surface area contributed by atoms with E-state index in [4.69, 9.17) is 8.94 Å². The molecule has 0 radical (unpaired) electrons. The molecule has 8 nitrogen and oxygen atoms in total. The van der Waals surface area contributed by atoms with E-state index in [1.165, 1.54) is 0 Å². The molecule has 3 heterocycles. The number of carbonyl (C=O) groups is 1. The summed E-state index contributed by atoms with van der Waals surface area (Å²) in [5.74, 6) is 0.904. The summed E-state index contributed by atoms with van der Waals surface area (Å²) >= 11 is 1.59. The molecule has 0 spiro atoms. The third kappa shape index (κ3) is 5.49. The van der Waals surface area contributed by atoms with Crippen molar-refractivity contribution in [1.82, 2.24) is 20.0 Å². The van der Waals surface area contributed by atoms with E-state index in [0.29, 0.717) is 43.2 Å². The molecule has 31 heavy (non-hydrogen) atoms. The third-order valence-corrected chi connectivity index (χ3v) is 5.82. The summed E-state index contributed by atoms with van der Waals surface area (Å²) in [7, 11) is 0. The van der Waals surface area contributed by atoms with Gasteiger partial charge in [0.25, 0.3) is 0 Å². The minimum Gasteiger partial charge on any atom is -0.408 e. The van der Waals surface area contributed by atoms with Gasteiger partial charge in [0.15, 0.2) is 5.58 Å². The average molecular weight is 441 g/mol. The second-order valence-electron chi connectivity index (χ2n) is 7.24. The molecular weight excluding hydrogens is 416 g/mol. The van der Waals surface area contributed by atoms with E-state index in [9.17, 15) is 9.59 Å². The van der Waals surface area contributed by atoms with Gasteiger partial charge in [0.1, 0.15) is 0 Å². The maximum atomic E-state index is 12.0. The van der Waals surface area contributed by atoms with Gasteiger partial charge in [0, 0.05) is 25.9 Å². The largest absolute Gasteiger partial charge is 0.419 e. The number of aryl methyl sites for hydroxylation is 2. The van der Waals surface area contributed by atoms with E-state index in [-0.39, 0.29) is 11.7 Å². The molecule has 0 unspecified atom stereocenters. The highest BCUT2D eigenvalue weighted by molar-refractivity contribution is 7.13. The molecule has 4 rings (SSSR count). The second-order valence-corrected chi connectivity index (χ2v) is 8.19. The lowest BCUT2D eigenvalue weighted by Gasteiger charge is -2.05. The van der Waals surface area contributed by atoms with E-state index in [1.807, 2.05) is 35.7 Å². The number of oxazole rings is 1. The number of hydrogen-bond donors (Lipinski definition) is 1. The Morgan fingerprint density at radius 1 is 1.10 bits per heavy atom. The Morgan fingerprint density at radius 2 is 2.00 bits per heavy atom. The molecule has 0 saturated carbocycles. The van der Waals surface area contributed by atoms with E-state index in [1.54, 1.807) is 22.0 Å². The summed E-state index contributed by atoms with van der Waals surface area (Å²) in [6, 6.07) is 11.2. The van der Waals surface area contributed by atoms with Gasteiger partial charge in [-0.1, -0.05) is 29.8 Å². The third-order valence-electron chi connectivity index (χ3n) is 4.96. The van der Waals surface area contributed by atoms with Crippen LogP contribution in [0.2, 0.25) is 0 Å². The zero-order valence-corrected chi connectivity index (χ0v) is 17.9. The van der Waals surface area contributed by atoms with Crippen LogP contribution in [-0.2, 0) is 17.8 Å². The molecule has 0 atom stereocenters. The molecule has 0 fully saturated rings.